The molecule has 2 rings (SSSR count). The van der Waals surface area contributed by atoms with Gasteiger partial charge in [-0.2, -0.15) is 5.10 Å². The highest BCUT2D eigenvalue weighted by Gasteiger charge is 2.16. The number of nitrogens with zero attached hydrogens (tertiary/aromatic N) is 2. The van der Waals surface area contributed by atoms with Crippen molar-refractivity contribution in [1.82, 2.24) is 15.1 Å². The predicted octanol–water partition coefficient (Wildman–Crippen LogP) is 0.859. The second kappa shape index (κ2) is 4.00. The minimum absolute atomic E-state index is 0.360. The molecule has 14 heavy (non-hydrogen) atoms. The quantitative estimate of drug-likeness (QED) is 0.760. The lowest BCUT2D eigenvalue weighted by molar-refractivity contribution is 0.161. The maximum absolute atomic E-state index is 5.88. The minimum atomic E-state index is 0.360. The Balaban J connectivity index is 1.99. The van der Waals surface area contributed by atoms with Crippen molar-refractivity contribution < 1.29 is 4.74 Å². The van der Waals surface area contributed by atoms with Crippen LogP contribution in [0.15, 0.2) is 6.20 Å². The van der Waals surface area contributed by atoms with Gasteiger partial charge in [-0.15, -0.1) is 0 Å². The molecule has 0 atom stereocenters. The zero-order valence-electron chi connectivity index (χ0n) is 8.79. The molecule has 0 unspecified atom stereocenters. The van der Waals surface area contributed by atoms with Crippen molar-refractivity contribution in [2.45, 2.75) is 25.9 Å². The van der Waals surface area contributed by atoms with Gasteiger partial charge < -0.3 is 10.1 Å². The van der Waals surface area contributed by atoms with Gasteiger partial charge in [-0.05, 0) is 32.9 Å². The van der Waals surface area contributed by atoms with Gasteiger partial charge in [0.25, 0.3) is 0 Å². The fourth-order valence-electron chi connectivity index (χ4n) is 1.69. The van der Waals surface area contributed by atoms with Crippen molar-refractivity contribution >= 4 is 0 Å². The molecule has 4 heteroatoms. The molecule has 0 aromatic carbocycles. The zero-order valence-corrected chi connectivity index (χ0v) is 8.79. The van der Waals surface area contributed by atoms with Crippen LogP contribution in [0.5, 0.6) is 5.75 Å². The van der Waals surface area contributed by atoms with E-state index in [-0.39, 0.29) is 0 Å². The van der Waals surface area contributed by atoms with Crippen molar-refractivity contribution in [3.05, 3.63) is 11.9 Å². The number of aromatic nitrogens is 2. The number of hydrogen-bond donors (Lipinski definition) is 1. The van der Waals surface area contributed by atoms with Crippen LogP contribution >= 0.6 is 0 Å². The molecule has 78 valence electrons. The first-order valence-corrected chi connectivity index (χ1v) is 5.13. The van der Waals surface area contributed by atoms with E-state index in [1.54, 1.807) is 6.20 Å². The van der Waals surface area contributed by atoms with Gasteiger partial charge >= 0.3 is 0 Å². The Labute approximate surface area is 84.3 Å². The van der Waals surface area contributed by atoms with Crippen molar-refractivity contribution in [2.24, 2.45) is 7.05 Å². The number of piperidine rings is 1. The van der Waals surface area contributed by atoms with Gasteiger partial charge in [-0.1, -0.05) is 0 Å². The molecule has 1 aromatic rings. The fourth-order valence-corrected chi connectivity index (χ4v) is 1.69. The third-order valence-electron chi connectivity index (χ3n) is 2.77. The van der Waals surface area contributed by atoms with E-state index < -0.39 is 0 Å². The van der Waals surface area contributed by atoms with E-state index in [0.717, 1.165) is 37.4 Å². The van der Waals surface area contributed by atoms with Crippen LogP contribution in [0.4, 0.5) is 0 Å². The van der Waals surface area contributed by atoms with E-state index in [1.807, 2.05) is 18.7 Å². The Hall–Kier alpha value is -1.03. The SMILES string of the molecule is Cc1c(OC2CCNCC2)cnn1C. The van der Waals surface area contributed by atoms with Gasteiger partial charge in [-0.25, -0.2) is 0 Å². The highest BCUT2D eigenvalue weighted by molar-refractivity contribution is 5.23. The number of ether oxygens (including phenoxy) is 1. The summed E-state index contributed by atoms with van der Waals surface area (Å²) in [5.74, 6) is 0.930. The first-order valence-electron chi connectivity index (χ1n) is 5.13. The summed E-state index contributed by atoms with van der Waals surface area (Å²) in [5.41, 5.74) is 1.10. The Kier molecular flexibility index (Phi) is 2.72. The van der Waals surface area contributed by atoms with Crippen LogP contribution in [-0.2, 0) is 7.05 Å². The Bertz CT molecular complexity index is 302. The molecule has 1 N–H and O–H groups in total. The van der Waals surface area contributed by atoms with Gasteiger partial charge in [0.2, 0.25) is 0 Å². The summed E-state index contributed by atoms with van der Waals surface area (Å²) < 4.78 is 7.73. The standard InChI is InChI=1S/C10H17N3O/c1-8-10(7-12-13(8)2)14-9-3-5-11-6-4-9/h7,9,11H,3-6H2,1-2H3. The average molecular weight is 195 g/mol. The summed E-state index contributed by atoms with van der Waals surface area (Å²) in [6.07, 6.45) is 4.35. The maximum atomic E-state index is 5.88. The van der Waals surface area contributed by atoms with Gasteiger partial charge in [0, 0.05) is 7.05 Å². The number of nitrogens with one attached hydrogen (secondary N) is 1. The predicted molar refractivity (Wildman–Crippen MR) is 54.5 cm³/mol. The van der Waals surface area contributed by atoms with Gasteiger partial charge in [0.05, 0.1) is 11.9 Å². The molecule has 1 aliphatic rings. The Morgan fingerprint density at radius 3 is 2.79 bits per heavy atom. The molecule has 4 nitrogen and oxygen atoms in total. The monoisotopic (exact) mass is 195 g/mol. The van der Waals surface area contributed by atoms with Crippen LogP contribution in [0.25, 0.3) is 0 Å². The number of aryl methyl sites for hydroxylation is 1. The first kappa shape index (κ1) is 9.52. The highest BCUT2D eigenvalue weighted by atomic mass is 16.5. The Morgan fingerprint density at radius 2 is 2.21 bits per heavy atom. The summed E-state index contributed by atoms with van der Waals surface area (Å²) in [6, 6.07) is 0. The average Bonchev–Trinajstić information content (AvgIpc) is 2.52. The van der Waals surface area contributed by atoms with Gasteiger partial charge in [0.15, 0.2) is 5.75 Å². The molecular formula is C10H17N3O. The van der Waals surface area contributed by atoms with Crippen molar-refractivity contribution in [3.8, 4) is 5.75 Å². The largest absolute Gasteiger partial charge is 0.487 e. The topological polar surface area (TPSA) is 39.1 Å². The smallest absolute Gasteiger partial charge is 0.160 e. The van der Waals surface area contributed by atoms with Crippen LogP contribution in [0, 0.1) is 6.92 Å². The highest BCUT2D eigenvalue weighted by Crippen LogP contribution is 2.19. The molecular weight excluding hydrogens is 178 g/mol. The number of rotatable bonds is 2. The fraction of sp³-hybridized carbons (Fsp3) is 0.700. The second-order valence-electron chi connectivity index (χ2n) is 3.79. The Morgan fingerprint density at radius 1 is 1.50 bits per heavy atom. The molecule has 0 spiro atoms. The van der Waals surface area contributed by atoms with Crippen LogP contribution in [0.3, 0.4) is 0 Å². The number of hydrogen-bond acceptors (Lipinski definition) is 3. The maximum Gasteiger partial charge on any atom is 0.160 e. The van der Waals surface area contributed by atoms with E-state index in [9.17, 15) is 0 Å². The summed E-state index contributed by atoms with van der Waals surface area (Å²) >= 11 is 0. The van der Waals surface area contributed by atoms with E-state index in [2.05, 4.69) is 10.4 Å². The summed E-state index contributed by atoms with van der Waals surface area (Å²) in [5, 5.41) is 7.48. The molecule has 0 aliphatic carbocycles. The lowest BCUT2D eigenvalue weighted by atomic mass is 10.1. The van der Waals surface area contributed by atoms with Crippen molar-refractivity contribution in [1.29, 1.82) is 0 Å². The normalized spacial score (nSPS) is 18.4. The van der Waals surface area contributed by atoms with E-state index in [1.165, 1.54) is 0 Å². The first-order chi connectivity index (χ1) is 6.77. The van der Waals surface area contributed by atoms with Crippen LogP contribution < -0.4 is 10.1 Å². The summed E-state index contributed by atoms with van der Waals surface area (Å²) in [7, 11) is 1.94. The molecule has 0 bridgehead atoms. The molecule has 0 saturated carbocycles. The van der Waals surface area contributed by atoms with Crippen molar-refractivity contribution in [2.75, 3.05) is 13.1 Å². The molecule has 0 amide bonds. The van der Waals surface area contributed by atoms with E-state index >= 15 is 0 Å². The molecule has 1 fully saturated rings. The van der Waals surface area contributed by atoms with Crippen molar-refractivity contribution in [3.63, 3.8) is 0 Å². The molecule has 1 saturated heterocycles. The minimum Gasteiger partial charge on any atom is -0.487 e. The molecule has 0 radical (unpaired) electrons. The van der Waals surface area contributed by atoms with Crippen LogP contribution in [0.2, 0.25) is 0 Å². The van der Waals surface area contributed by atoms with Crippen LogP contribution in [0.1, 0.15) is 18.5 Å². The van der Waals surface area contributed by atoms with Gasteiger partial charge in [-0.3, -0.25) is 4.68 Å². The third-order valence-corrected chi connectivity index (χ3v) is 2.77. The second-order valence-corrected chi connectivity index (χ2v) is 3.79. The molecule has 2 heterocycles. The van der Waals surface area contributed by atoms with E-state index in [4.69, 9.17) is 4.74 Å². The van der Waals surface area contributed by atoms with E-state index in [0.29, 0.717) is 6.10 Å². The van der Waals surface area contributed by atoms with Gasteiger partial charge in [0.1, 0.15) is 6.10 Å². The lowest BCUT2D eigenvalue weighted by Gasteiger charge is -2.23. The molecule has 1 aliphatic heterocycles. The zero-order chi connectivity index (χ0) is 9.97. The summed E-state index contributed by atoms with van der Waals surface area (Å²) in [4.78, 5) is 0. The van der Waals surface area contributed by atoms with Crippen LogP contribution in [-0.4, -0.2) is 29.0 Å². The third kappa shape index (κ3) is 1.90. The lowest BCUT2D eigenvalue weighted by Crippen LogP contribution is -2.34. The summed E-state index contributed by atoms with van der Waals surface area (Å²) in [6.45, 7) is 4.15. The molecule has 1 aromatic heterocycles.